The summed E-state index contributed by atoms with van der Waals surface area (Å²) in [4.78, 5) is 11.6. The first-order chi connectivity index (χ1) is 12.2. The van der Waals surface area contributed by atoms with E-state index in [-0.39, 0.29) is 11.5 Å². The van der Waals surface area contributed by atoms with E-state index in [2.05, 4.69) is 29.4 Å². The first-order valence-corrected chi connectivity index (χ1v) is 8.17. The molecule has 1 aromatic heterocycles. The van der Waals surface area contributed by atoms with Crippen LogP contribution in [0.1, 0.15) is 29.0 Å². The van der Waals surface area contributed by atoms with E-state index in [1.54, 1.807) is 19.3 Å². The SMILES string of the molecule is Cn1cc(/C(CC(c2ccccc2)c2ccccc2)=N/O)ccc1=O. The number of oxime groups is 1. The molecule has 0 radical (unpaired) electrons. The zero-order chi connectivity index (χ0) is 17.6. The Kier molecular flexibility index (Phi) is 5.09. The number of aromatic nitrogens is 1. The Morgan fingerprint density at radius 3 is 2.00 bits per heavy atom. The van der Waals surface area contributed by atoms with Crippen LogP contribution in [0.2, 0.25) is 0 Å². The van der Waals surface area contributed by atoms with Gasteiger partial charge in [0.2, 0.25) is 5.56 Å². The molecule has 0 atom stereocenters. The summed E-state index contributed by atoms with van der Waals surface area (Å²) in [6, 6.07) is 23.5. The highest BCUT2D eigenvalue weighted by Crippen LogP contribution is 2.29. The predicted molar refractivity (Wildman–Crippen MR) is 99.4 cm³/mol. The Morgan fingerprint density at radius 1 is 0.960 bits per heavy atom. The van der Waals surface area contributed by atoms with Gasteiger partial charge >= 0.3 is 0 Å². The van der Waals surface area contributed by atoms with Gasteiger partial charge < -0.3 is 9.77 Å². The Morgan fingerprint density at radius 2 is 1.52 bits per heavy atom. The fourth-order valence-electron chi connectivity index (χ4n) is 2.97. The van der Waals surface area contributed by atoms with Crippen LogP contribution in [-0.4, -0.2) is 15.5 Å². The molecule has 3 aromatic rings. The summed E-state index contributed by atoms with van der Waals surface area (Å²) in [5, 5.41) is 13.1. The summed E-state index contributed by atoms with van der Waals surface area (Å²) < 4.78 is 1.49. The van der Waals surface area contributed by atoms with Gasteiger partial charge in [0, 0.05) is 37.2 Å². The van der Waals surface area contributed by atoms with Gasteiger partial charge in [0.05, 0.1) is 5.71 Å². The number of hydrogen-bond donors (Lipinski definition) is 1. The standard InChI is InChI=1S/C21H20N2O2/c1-23-15-18(12-13-21(23)24)20(22-25)14-19(16-8-4-2-5-9-16)17-10-6-3-7-11-17/h2-13,15,19,25H,14H2,1H3/b22-20+. The molecule has 0 fully saturated rings. The van der Waals surface area contributed by atoms with E-state index in [4.69, 9.17) is 0 Å². The van der Waals surface area contributed by atoms with Crippen molar-refractivity contribution < 1.29 is 5.21 Å². The molecule has 126 valence electrons. The van der Waals surface area contributed by atoms with Crippen LogP contribution in [0.3, 0.4) is 0 Å². The molecule has 1 N–H and O–H groups in total. The van der Waals surface area contributed by atoms with Crippen LogP contribution >= 0.6 is 0 Å². The van der Waals surface area contributed by atoms with Gasteiger partial charge in [-0.2, -0.15) is 0 Å². The second-order valence-electron chi connectivity index (χ2n) is 5.99. The summed E-state index contributed by atoms with van der Waals surface area (Å²) in [5.41, 5.74) is 3.50. The molecule has 3 rings (SSSR count). The third-order valence-electron chi connectivity index (χ3n) is 4.34. The van der Waals surface area contributed by atoms with Crippen molar-refractivity contribution >= 4 is 5.71 Å². The Hall–Kier alpha value is -3.14. The highest BCUT2D eigenvalue weighted by Gasteiger charge is 2.18. The lowest BCUT2D eigenvalue weighted by Gasteiger charge is -2.19. The first kappa shape index (κ1) is 16.7. The maximum atomic E-state index is 11.6. The van der Waals surface area contributed by atoms with Crippen LogP contribution in [0.15, 0.2) is 88.9 Å². The minimum absolute atomic E-state index is 0.0607. The van der Waals surface area contributed by atoms with Gasteiger partial charge in [-0.3, -0.25) is 4.79 Å². The van der Waals surface area contributed by atoms with Crippen molar-refractivity contribution in [1.82, 2.24) is 4.57 Å². The molecule has 4 heteroatoms. The van der Waals surface area contributed by atoms with E-state index in [0.717, 1.165) is 16.7 Å². The molecule has 0 spiro atoms. The van der Waals surface area contributed by atoms with Gasteiger partial charge in [-0.1, -0.05) is 65.8 Å². The van der Waals surface area contributed by atoms with Crippen LogP contribution < -0.4 is 5.56 Å². The van der Waals surface area contributed by atoms with Gasteiger partial charge in [0.15, 0.2) is 0 Å². The molecule has 0 aliphatic heterocycles. The maximum absolute atomic E-state index is 11.6. The fraction of sp³-hybridized carbons (Fsp3) is 0.143. The minimum atomic E-state index is -0.0938. The van der Waals surface area contributed by atoms with Crippen molar-refractivity contribution in [2.24, 2.45) is 12.2 Å². The summed E-state index contributed by atoms with van der Waals surface area (Å²) in [7, 11) is 1.69. The van der Waals surface area contributed by atoms with Gasteiger partial charge in [-0.25, -0.2) is 0 Å². The van der Waals surface area contributed by atoms with Crippen molar-refractivity contribution in [3.8, 4) is 0 Å². The molecule has 0 saturated carbocycles. The Bertz CT molecular complexity index is 876. The lowest BCUT2D eigenvalue weighted by atomic mass is 9.86. The van der Waals surface area contributed by atoms with Crippen molar-refractivity contribution in [1.29, 1.82) is 0 Å². The second kappa shape index (κ2) is 7.62. The van der Waals surface area contributed by atoms with E-state index in [1.807, 2.05) is 36.4 Å². The van der Waals surface area contributed by atoms with E-state index in [1.165, 1.54) is 10.6 Å². The maximum Gasteiger partial charge on any atom is 0.250 e. The van der Waals surface area contributed by atoms with Crippen LogP contribution in [0.25, 0.3) is 0 Å². The Labute approximate surface area is 146 Å². The monoisotopic (exact) mass is 332 g/mol. The van der Waals surface area contributed by atoms with E-state index >= 15 is 0 Å². The number of hydrogen-bond acceptors (Lipinski definition) is 3. The topological polar surface area (TPSA) is 54.6 Å². The third-order valence-corrected chi connectivity index (χ3v) is 4.34. The van der Waals surface area contributed by atoms with Crippen LogP contribution in [0.5, 0.6) is 0 Å². The van der Waals surface area contributed by atoms with Crippen molar-refractivity contribution in [2.75, 3.05) is 0 Å². The van der Waals surface area contributed by atoms with Gasteiger partial charge in [0.1, 0.15) is 0 Å². The summed E-state index contributed by atoms with van der Waals surface area (Å²) in [6.07, 6.45) is 2.23. The lowest BCUT2D eigenvalue weighted by molar-refractivity contribution is 0.317. The average Bonchev–Trinajstić information content (AvgIpc) is 2.66. The van der Waals surface area contributed by atoms with Crippen molar-refractivity contribution in [3.63, 3.8) is 0 Å². The van der Waals surface area contributed by atoms with Crippen molar-refractivity contribution in [3.05, 3.63) is 106 Å². The molecule has 0 unspecified atom stereocenters. The summed E-state index contributed by atoms with van der Waals surface area (Å²) >= 11 is 0. The van der Waals surface area contributed by atoms with E-state index < -0.39 is 0 Å². The van der Waals surface area contributed by atoms with Gasteiger partial charge in [-0.15, -0.1) is 0 Å². The number of nitrogens with zero attached hydrogens (tertiary/aromatic N) is 2. The molecule has 2 aromatic carbocycles. The highest BCUT2D eigenvalue weighted by atomic mass is 16.4. The Balaban J connectivity index is 1.99. The molecule has 25 heavy (non-hydrogen) atoms. The molecule has 0 amide bonds. The molecular weight excluding hydrogens is 312 g/mol. The van der Waals surface area contributed by atoms with E-state index in [0.29, 0.717) is 12.1 Å². The number of pyridine rings is 1. The number of aryl methyl sites for hydroxylation is 1. The number of rotatable bonds is 5. The fourth-order valence-corrected chi connectivity index (χ4v) is 2.97. The highest BCUT2D eigenvalue weighted by molar-refractivity contribution is 6.00. The average molecular weight is 332 g/mol. The lowest BCUT2D eigenvalue weighted by Crippen LogP contribution is -2.18. The smallest absolute Gasteiger partial charge is 0.250 e. The molecule has 0 aliphatic carbocycles. The third kappa shape index (κ3) is 3.86. The largest absolute Gasteiger partial charge is 0.411 e. The van der Waals surface area contributed by atoms with Crippen LogP contribution in [0, 0.1) is 0 Å². The normalized spacial score (nSPS) is 11.7. The minimum Gasteiger partial charge on any atom is -0.411 e. The second-order valence-corrected chi connectivity index (χ2v) is 5.99. The number of benzene rings is 2. The molecule has 0 bridgehead atoms. The molecule has 0 aliphatic rings. The molecule has 1 heterocycles. The zero-order valence-corrected chi connectivity index (χ0v) is 14.0. The molecule has 0 saturated heterocycles. The molecular formula is C21H20N2O2. The predicted octanol–water partition coefficient (Wildman–Crippen LogP) is 3.79. The summed E-state index contributed by atoms with van der Waals surface area (Å²) in [5.74, 6) is 0.0607. The van der Waals surface area contributed by atoms with Gasteiger partial charge in [0.25, 0.3) is 0 Å². The van der Waals surface area contributed by atoms with Crippen LogP contribution in [0.4, 0.5) is 0 Å². The first-order valence-electron chi connectivity index (χ1n) is 8.17. The van der Waals surface area contributed by atoms with Crippen molar-refractivity contribution in [2.45, 2.75) is 12.3 Å². The van der Waals surface area contributed by atoms with Gasteiger partial charge in [-0.05, 0) is 17.2 Å². The van der Waals surface area contributed by atoms with Crippen LogP contribution in [-0.2, 0) is 7.05 Å². The molecule has 4 nitrogen and oxygen atoms in total. The summed E-state index contributed by atoms with van der Waals surface area (Å²) in [6.45, 7) is 0. The zero-order valence-electron chi connectivity index (χ0n) is 14.0. The quantitative estimate of drug-likeness (QED) is 0.439. The van der Waals surface area contributed by atoms with E-state index in [9.17, 15) is 10.0 Å².